The second-order valence-corrected chi connectivity index (χ2v) is 5.29. The Balaban J connectivity index is 2.64. The molecule has 0 saturated heterocycles. The van der Waals surface area contributed by atoms with E-state index >= 15 is 0 Å². The Labute approximate surface area is 88.5 Å². The van der Waals surface area contributed by atoms with Gasteiger partial charge in [0.15, 0.2) is 0 Å². The van der Waals surface area contributed by atoms with Gasteiger partial charge in [0.2, 0.25) is 0 Å². The zero-order chi connectivity index (χ0) is 9.71. The van der Waals surface area contributed by atoms with E-state index in [9.17, 15) is 5.11 Å². The van der Waals surface area contributed by atoms with Crippen LogP contribution in [0.4, 0.5) is 0 Å². The quantitative estimate of drug-likeness (QED) is 0.630. The summed E-state index contributed by atoms with van der Waals surface area (Å²) >= 11 is 3.17. The van der Waals surface area contributed by atoms with Gasteiger partial charge in [0.25, 0.3) is 0 Å². The van der Waals surface area contributed by atoms with Gasteiger partial charge in [-0.25, -0.2) is 4.98 Å². The highest BCUT2D eigenvalue weighted by molar-refractivity contribution is 7.20. The average molecular weight is 221 g/mol. The summed E-state index contributed by atoms with van der Waals surface area (Å²) < 4.78 is 1.99. The summed E-state index contributed by atoms with van der Waals surface area (Å²) in [6, 6.07) is 3.82. The number of thiazole rings is 1. The number of phenolic OH excluding ortho intramolecular Hbond substituents is 1. The number of fused-ring (bicyclic) bond motifs is 3. The van der Waals surface area contributed by atoms with E-state index in [2.05, 4.69) is 4.98 Å². The average Bonchev–Trinajstić information content (AvgIpc) is 2.69. The van der Waals surface area contributed by atoms with E-state index in [1.807, 2.05) is 18.4 Å². The topological polar surface area (TPSA) is 33.1 Å². The van der Waals surface area contributed by atoms with Crippen LogP contribution in [-0.2, 0) is 0 Å². The lowest BCUT2D eigenvalue weighted by atomic mass is 10.2. The molecule has 0 amide bonds. The summed E-state index contributed by atoms with van der Waals surface area (Å²) in [5.74, 6) is 0.367. The Bertz CT molecular complexity index is 623. The largest absolute Gasteiger partial charge is 0.506 e. The first-order chi connectivity index (χ1) is 6.75. The molecule has 3 rings (SSSR count). The van der Waals surface area contributed by atoms with Crippen LogP contribution in [0.1, 0.15) is 5.01 Å². The Morgan fingerprint density at radius 2 is 2.29 bits per heavy atom. The second-order valence-electron chi connectivity index (χ2n) is 3.14. The van der Waals surface area contributed by atoms with Crippen molar-refractivity contribution in [2.75, 3.05) is 0 Å². The van der Waals surface area contributed by atoms with E-state index in [1.54, 1.807) is 28.7 Å². The molecule has 1 N–H and O–H groups in total. The van der Waals surface area contributed by atoms with Crippen molar-refractivity contribution in [3.63, 3.8) is 0 Å². The molecular weight excluding hydrogens is 214 g/mol. The fourth-order valence-corrected chi connectivity index (χ4v) is 3.31. The molecule has 1 aromatic carbocycles. The number of aryl methyl sites for hydroxylation is 1. The molecule has 2 heterocycles. The van der Waals surface area contributed by atoms with E-state index in [-0.39, 0.29) is 0 Å². The molecule has 0 fully saturated rings. The van der Waals surface area contributed by atoms with Gasteiger partial charge in [-0.2, -0.15) is 0 Å². The molecule has 2 nitrogen and oxygen atoms in total. The van der Waals surface area contributed by atoms with Crippen LogP contribution < -0.4 is 0 Å². The molecule has 0 saturated carbocycles. The molecule has 0 aliphatic heterocycles. The summed E-state index contributed by atoms with van der Waals surface area (Å²) in [6.07, 6.45) is 0. The van der Waals surface area contributed by atoms with Crippen LogP contribution in [0.3, 0.4) is 0 Å². The second kappa shape index (κ2) is 2.68. The third-order valence-corrected chi connectivity index (χ3v) is 4.04. The molecule has 0 atom stereocenters. The molecule has 0 bridgehead atoms. The van der Waals surface area contributed by atoms with Crippen LogP contribution in [0, 0.1) is 6.92 Å². The molecule has 0 unspecified atom stereocenters. The first-order valence-corrected chi connectivity index (χ1v) is 5.91. The first-order valence-electron chi connectivity index (χ1n) is 4.22. The molecule has 14 heavy (non-hydrogen) atoms. The lowest BCUT2D eigenvalue weighted by molar-refractivity contribution is 0.483. The predicted octanol–water partition coefficient (Wildman–Crippen LogP) is 3.53. The van der Waals surface area contributed by atoms with Crippen LogP contribution >= 0.6 is 22.7 Å². The van der Waals surface area contributed by atoms with Crippen molar-refractivity contribution in [1.82, 2.24) is 4.98 Å². The molecule has 0 aliphatic rings. The summed E-state index contributed by atoms with van der Waals surface area (Å²) in [4.78, 5) is 4.47. The summed E-state index contributed by atoms with van der Waals surface area (Å²) in [7, 11) is 0. The summed E-state index contributed by atoms with van der Waals surface area (Å²) in [5.41, 5.74) is 1.02. The van der Waals surface area contributed by atoms with Crippen molar-refractivity contribution in [3.8, 4) is 5.75 Å². The van der Waals surface area contributed by atoms with Crippen LogP contribution in [0.15, 0.2) is 17.5 Å². The zero-order valence-corrected chi connectivity index (χ0v) is 9.08. The normalized spacial score (nSPS) is 11.5. The SMILES string of the molecule is Cc1nc2c(cc(O)c3sccc32)s1. The number of hydrogen-bond acceptors (Lipinski definition) is 4. The monoisotopic (exact) mass is 221 g/mol. The van der Waals surface area contributed by atoms with Crippen molar-refractivity contribution < 1.29 is 5.11 Å². The van der Waals surface area contributed by atoms with Gasteiger partial charge in [-0.05, 0) is 18.4 Å². The van der Waals surface area contributed by atoms with Crippen molar-refractivity contribution in [1.29, 1.82) is 0 Å². The van der Waals surface area contributed by atoms with E-state index in [0.717, 1.165) is 25.3 Å². The number of benzene rings is 1. The third kappa shape index (κ3) is 0.980. The third-order valence-electron chi connectivity index (χ3n) is 2.18. The van der Waals surface area contributed by atoms with Crippen molar-refractivity contribution in [2.45, 2.75) is 6.92 Å². The fraction of sp³-hybridized carbons (Fsp3) is 0.100. The fourth-order valence-electron chi connectivity index (χ4n) is 1.62. The van der Waals surface area contributed by atoms with Crippen LogP contribution in [0.5, 0.6) is 5.75 Å². The van der Waals surface area contributed by atoms with E-state index in [0.29, 0.717) is 5.75 Å². The molecule has 0 radical (unpaired) electrons. The molecule has 0 aliphatic carbocycles. The zero-order valence-electron chi connectivity index (χ0n) is 7.44. The number of aromatic nitrogens is 1. The molecule has 70 valence electrons. The minimum absolute atomic E-state index is 0.367. The number of nitrogens with zero attached hydrogens (tertiary/aromatic N) is 1. The van der Waals surface area contributed by atoms with Crippen molar-refractivity contribution in [2.24, 2.45) is 0 Å². The van der Waals surface area contributed by atoms with E-state index < -0.39 is 0 Å². The predicted molar refractivity (Wildman–Crippen MR) is 61.4 cm³/mol. The van der Waals surface area contributed by atoms with Gasteiger partial charge in [-0.15, -0.1) is 22.7 Å². The van der Waals surface area contributed by atoms with Gasteiger partial charge in [-0.1, -0.05) is 0 Å². The van der Waals surface area contributed by atoms with E-state index in [4.69, 9.17) is 0 Å². The Kier molecular flexibility index (Phi) is 1.57. The Hall–Kier alpha value is -1.13. The number of hydrogen-bond donors (Lipinski definition) is 1. The maximum atomic E-state index is 9.76. The minimum Gasteiger partial charge on any atom is -0.506 e. The van der Waals surface area contributed by atoms with Crippen LogP contribution in [-0.4, -0.2) is 10.1 Å². The van der Waals surface area contributed by atoms with Gasteiger partial charge in [0.1, 0.15) is 5.75 Å². The lowest BCUT2D eigenvalue weighted by Crippen LogP contribution is -1.71. The minimum atomic E-state index is 0.367. The molecule has 3 aromatic rings. The van der Waals surface area contributed by atoms with Gasteiger partial charge in [0, 0.05) is 11.5 Å². The highest BCUT2D eigenvalue weighted by Crippen LogP contribution is 2.37. The van der Waals surface area contributed by atoms with E-state index in [1.165, 1.54) is 0 Å². The molecular formula is C10H7NOS2. The van der Waals surface area contributed by atoms with Gasteiger partial charge >= 0.3 is 0 Å². The maximum Gasteiger partial charge on any atom is 0.134 e. The standard InChI is InChI=1S/C10H7NOS2/c1-5-11-9-6-2-3-13-10(6)7(12)4-8(9)14-5/h2-4,12H,1H3. The van der Waals surface area contributed by atoms with Crippen LogP contribution in [0.25, 0.3) is 20.3 Å². The smallest absolute Gasteiger partial charge is 0.134 e. The summed E-state index contributed by atoms with van der Waals surface area (Å²) in [6.45, 7) is 1.99. The van der Waals surface area contributed by atoms with Gasteiger partial charge in [-0.3, -0.25) is 0 Å². The highest BCUT2D eigenvalue weighted by atomic mass is 32.1. The number of rotatable bonds is 0. The molecule has 0 spiro atoms. The van der Waals surface area contributed by atoms with Crippen molar-refractivity contribution >= 4 is 43.0 Å². The Morgan fingerprint density at radius 3 is 3.14 bits per heavy atom. The number of phenols is 1. The van der Waals surface area contributed by atoms with Crippen molar-refractivity contribution in [3.05, 3.63) is 22.5 Å². The number of thiophene rings is 1. The van der Waals surface area contributed by atoms with Crippen LogP contribution in [0.2, 0.25) is 0 Å². The Morgan fingerprint density at radius 1 is 1.43 bits per heavy atom. The highest BCUT2D eigenvalue weighted by Gasteiger charge is 2.10. The molecule has 4 heteroatoms. The van der Waals surface area contributed by atoms with Gasteiger partial charge in [0.05, 0.1) is 19.9 Å². The maximum absolute atomic E-state index is 9.76. The first kappa shape index (κ1) is 8.20. The molecule has 2 aromatic heterocycles. The van der Waals surface area contributed by atoms with Gasteiger partial charge < -0.3 is 5.11 Å². The lowest BCUT2D eigenvalue weighted by Gasteiger charge is -1.94. The number of aromatic hydroxyl groups is 1. The summed E-state index contributed by atoms with van der Waals surface area (Å²) in [5, 5.41) is 13.8.